The number of ether oxygens (including phenoxy) is 2. The Morgan fingerprint density at radius 2 is 2.00 bits per heavy atom. The number of nitrogens with zero attached hydrogens (tertiary/aromatic N) is 2. The molecular weight excluding hydrogens is 322 g/mol. The predicted octanol–water partition coefficient (Wildman–Crippen LogP) is 3.70. The van der Waals surface area contributed by atoms with Gasteiger partial charge < -0.3 is 14.8 Å². The van der Waals surface area contributed by atoms with E-state index < -0.39 is 0 Å². The first kappa shape index (κ1) is 17.3. The molecule has 1 rings (SSSR count). The van der Waals surface area contributed by atoms with E-state index >= 15 is 0 Å². The number of hydrogen-bond acceptors (Lipinski definition) is 5. The van der Waals surface area contributed by atoms with E-state index in [4.69, 9.17) is 9.47 Å². The standard InChI is InChI=1S/C14H24BrN3O2/c1-5-8-11(20-7-3)13-17-10(9-19-4)12(15)14(18-13)16-6-2/h11H,5-9H2,1-4H3,(H,16,17,18). The third-order valence-corrected chi connectivity index (χ3v) is 3.60. The minimum atomic E-state index is -0.0638. The van der Waals surface area contributed by atoms with Crippen LogP contribution < -0.4 is 5.32 Å². The van der Waals surface area contributed by atoms with Crippen LogP contribution in [0, 0.1) is 0 Å². The lowest BCUT2D eigenvalue weighted by Crippen LogP contribution is -2.14. The van der Waals surface area contributed by atoms with Crippen molar-refractivity contribution in [1.82, 2.24) is 9.97 Å². The molecule has 0 fully saturated rings. The molecule has 0 amide bonds. The highest BCUT2D eigenvalue weighted by atomic mass is 79.9. The van der Waals surface area contributed by atoms with E-state index in [-0.39, 0.29) is 6.10 Å². The Labute approximate surface area is 129 Å². The lowest BCUT2D eigenvalue weighted by Gasteiger charge is -2.18. The molecule has 0 bridgehead atoms. The molecule has 1 aromatic rings. The van der Waals surface area contributed by atoms with Crippen molar-refractivity contribution in [2.45, 2.75) is 46.3 Å². The predicted molar refractivity (Wildman–Crippen MR) is 83.9 cm³/mol. The Morgan fingerprint density at radius 1 is 1.25 bits per heavy atom. The minimum absolute atomic E-state index is 0.0638. The monoisotopic (exact) mass is 345 g/mol. The van der Waals surface area contributed by atoms with E-state index in [0.717, 1.165) is 41.2 Å². The molecule has 6 heteroatoms. The van der Waals surface area contributed by atoms with Crippen molar-refractivity contribution < 1.29 is 9.47 Å². The molecule has 5 nitrogen and oxygen atoms in total. The number of anilines is 1. The van der Waals surface area contributed by atoms with Crippen LogP contribution in [0.3, 0.4) is 0 Å². The van der Waals surface area contributed by atoms with Gasteiger partial charge in [0.15, 0.2) is 5.82 Å². The molecule has 1 unspecified atom stereocenters. The molecule has 114 valence electrons. The highest BCUT2D eigenvalue weighted by molar-refractivity contribution is 9.10. The Morgan fingerprint density at radius 3 is 2.55 bits per heavy atom. The van der Waals surface area contributed by atoms with Crippen LogP contribution in [0.25, 0.3) is 0 Å². The molecule has 0 aliphatic carbocycles. The van der Waals surface area contributed by atoms with Crippen molar-refractivity contribution >= 4 is 21.7 Å². The van der Waals surface area contributed by atoms with Gasteiger partial charge in [-0.2, -0.15) is 0 Å². The quantitative estimate of drug-likeness (QED) is 0.739. The number of rotatable bonds is 9. The Kier molecular flexibility index (Phi) is 8.02. The summed E-state index contributed by atoms with van der Waals surface area (Å²) in [5.74, 6) is 1.52. The van der Waals surface area contributed by atoms with E-state index in [9.17, 15) is 0 Å². The smallest absolute Gasteiger partial charge is 0.159 e. The summed E-state index contributed by atoms with van der Waals surface area (Å²) >= 11 is 3.54. The Bertz CT molecular complexity index is 382. The summed E-state index contributed by atoms with van der Waals surface area (Å²) in [6.45, 7) is 8.06. The molecule has 0 aromatic carbocycles. The molecule has 0 saturated heterocycles. The highest BCUT2D eigenvalue weighted by Gasteiger charge is 2.19. The maximum atomic E-state index is 5.77. The lowest BCUT2D eigenvalue weighted by molar-refractivity contribution is 0.0489. The molecule has 1 N–H and O–H groups in total. The van der Waals surface area contributed by atoms with Gasteiger partial charge >= 0.3 is 0 Å². The normalized spacial score (nSPS) is 12.4. The fourth-order valence-electron chi connectivity index (χ4n) is 1.92. The lowest BCUT2D eigenvalue weighted by atomic mass is 10.2. The van der Waals surface area contributed by atoms with E-state index in [1.54, 1.807) is 7.11 Å². The summed E-state index contributed by atoms with van der Waals surface area (Å²) in [5.41, 5.74) is 0.842. The molecular formula is C14H24BrN3O2. The average Bonchev–Trinajstić information content (AvgIpc) is 2.43. The van der Waals surface area contributed by atoms with E-state index in [0.29, 0.717) is 13.2 Å². The summed E-state index contributed by atoms with van der Waals surface area (Å²) in [6.07, 6.45) is 1.87. The molecule has 0 saturated carbocycles. The minimum Gasteiger partial charge on any atom is -0.378 e. The summed E-state index contributed by atoms with van der Waals surface area (Å²) in [5, 5.41) is 3.25. The van der Waals surface area contributed by atoms with Gasteiger partial charge in [0, 0.05) is 20.3 Å². The molecule has 0 aliphatic rings. The van der Waals surface area contributed by atoms with Crippen molar-refractivity contribution in [2.75, 3.05) is 25.6 Å². The molecule has 1 aromatic heterocycles. The van der Waals surface area contributed by atoms with E-state index in [1.165, 1.54) is 0 Å². The Balaban J connectivity index is 3.15. The molecule has 0 spiro atoms. The van der Waals surface area contributed by atoms with Crippen LogP contribution >= 0.6 is 15.9 Å². The Hall–Kier alpha value is -0.720. The van der Waals surface area contributed by atoms with Crippen LogP contribution in [0.15, 0.2) is 4.47 Å². The fraction of sp³-hybridized carbons (Fsp3) is 0.714. The van der Waals surface area contributed by atoms with Crippen LogP contribution in [0.5, 0.6) is 0 Å². The zero-order valence-corrected chi connectivity index (χ0v) is 14.3. The second-order valence-electron chi connectivity index (χ2n) is 4.39. The summed E-state index contributed by atoms with van der Waals surface area (Å²) in [4.78, 5) is 9.19. The van der Waals surface area contributed by atoms with Gasteiger partial charge in [0.2, 0.25) is 0 Å². The zero-order chi connectivity index (χ0) is 15.0. The fourth-order valence-corrected chi connectivity index (χ4v) is 2.36. The molecule has 20 heavy (non-hydrogen) atoms. The van der Waals surface area contributed by atoms with E-state index in [2.05, 4.69) is 38.1 Å². The van der Waals surface area contributed by atoms with Crippen LogP contribution in [0.2, 0.25) is 0 Å². The third-order valence-electron chi connectivity index (χ3n) is 2.77. The largest absolute Gasteiger partial charge is 0.378 e. The van der Waals surface area contributed by atoms with Gasteiger partial charge in [-0.05, 0) is 36.2 Å². The van der Waals surface area contributed by atoms with Gasteiger partial charge in [-0.25, -0.2) is 9.97 Å². The first-order chi connectivity index (χ1) is 9.67. The number of halogens is 1. The maximum Gasteiger partial charge on any atom is 0.159 e. The van der Waals surface area contributed by atoms with E-state index in [1.807, 2.05) is 13.8 Å². The number of methoxy groups -OCH3 is 1. The molecule has 1 heterocycles. The number of hydrogen-bond donors (Lipinski definition) is 1. The SMILES string of the molecule is CCCC(OCC)c1nc(COC)c(Br)c(NCC)n1. The van der Waals surface area contributed by atoms with Gasteiger partial charge in [-0.15, -0.1) is 0 Å². The van der Waals surface area contributed by atoms with Crippen molar-refractivity contribution in [3.8, 4) is 0 Å². The average molecular weight is 346 g/mol. The summed E-state index contributed by atoms with van der Waals surface area (Å²) in [7, 11) is 1.66. The first-order valence-electron chi connectivity index (χ1n) is 7.08. The van der Waals surface area contributed by atoms with Crippen LogP contribution in [-0.2, 0) is 16.1 Å². The molecule has 0 aliphatic heterocycles. The number of nitrogens with one attached hydrogen (secondary N) is 1. The van der Waals surface area contributed by atoms with Crippen LogP contribution in [0.1, 0.15) is 51.2 Å². The van der Waals surface area contributed by atoms with Crippen molar-refractivity contribution in [1.29, 1.82) is 0 Å². The summed E-state index contributed by atoms with van der Waals surface area (Å²) < 4.78 is 11.8. The second kappa shape index (κ2) is 9.26. The van der Waals surface area contributed by atoms with Crippen LogP contribution in [0.4, 0.5) is 5.82 Å². The molecule has 0 radical (unpaired) electrons. The first-order valence-corrected chi connectivity index (χ1v) is 7.87. The highest BCUT2D eigenvalue weighted by Crippen LogP contribution is 2.28. The second-order valence-corrected chi connectivity index (χ2v) is 5.18. The van der Waals surface area contributed by atoms with Crippen LogP contribution in [-0.4, -0.2) is 30.2 Å². The van der Waals surface area contributed by atoms with Gasteiger partial charge in [-0.3, -0.25) is 0 Å². The van der Waals surface area contributed by atoms with Gasteiger partial charge in [0.05, 0.1) is 16.8 Å². The van der Waals surface area contributed by atoms with Gasteiger partial charge in [-0.1, -0.05) is 13.3 Å². The topological polar surface area (TPSA) is 56.3 Å². The number of aromatic nitrogens is 2. The zero-order valence-electron chi connectivity index (χ0n) is 12.7. The van der Waals surface area contributed by atoms with Gasteiger partial charge in [0.25, 0.3) is 0 Å². The van der Waals surface area contributed by atoms with Gasteiger partial charge in [0.1, 0.15) is 11.9 Å². The van der Waals surface area contributed by atoms with Crippen molar-refractivity contribution in [2.24, 2.45) is 0 Å². The molecule has 1 atom stereocenters. The maximum absolute atomic E-state index is 5.77. The third kappa shape index (κ3) is 4.68. The van der Waals surface area contributed by atoms with Crippen molar-refractivity contribution in [3.05, 3.63) is 16.0 Å². The summed E-state index contributed by atoms with van der Waals surface area (Å²) in [6, 6.07) is 0. The van der Waals surface area contributed by atoms with Crippen molar-refractivity contribution in [3.63, 3.8) is 0 Å².